The Morgan fingerprint density at radius 1 is 1.02 bits per heavy atom. The summed E-state index contributed by atoms with van der Waals surface area (Å²) in [4.78, 5) is 44.6. The molecule has 2 aliphatic heterocycles. The standard InChI is InChI=1S/C27H30F7N5O4/c1-26(2,3)43-25(42)35-16(8-14-9-18(30)19(31)11-17(14)29)10-21(40)37-6-7-39-20(13-37)22(36-24(39)27(32,33)34)23(41)38-5-4-15(28)12-38/h9,11,15-16H,4-8,10,12-13H2,1-3H3,(H,35,42). The molecule has 1 aromatic carbocycles. The Morgan fingerprint density at radius 2 is 1.70 bits per heavy atom. The Balaban J connectivity index is 1.58. The number of carbonyl (C=O) groups is 3. The maximum Gasteiger partial charge on any atom is 0.449 e. The van der Waals surface area contributed by atoms with Crippen LogP contribution in [0.25, 0.3) is 0 Å². The number of hydrogen-bond donors (Lipinski definition) is 1. The van der Waals surface area contributed by atoms with E-state index in [1.165, 1.54) is 0 Å². The van der Waals surface area contributed by atoms with Crippen molar-refractivity contribution in [2.45, 2.75) is 77.1 Å². The number of carbonyl (C=O) groups excluding carboxylic acids is 3. The number of imidazole rings is 1. The molecule has 9 nitrogen and oxygen atoms in total. The van der Waals surface area contributed by atoms with E-state index < -0.39 is 90.3 Å². The zero-order chi connectivity index (χ0) is 31.9. The van der Waals surface area contributed by atoms with E-state index in [0.717, 1.165) is 14.4 Å². The van der Waals surface area contributed by atoms with Gasteiger partial charge in [0.15, 0.2) is 17.3 Å². The summed E-state index contributed by atoms with van der Waals surface area (Å²) in [5.74, 6) is -6.83. The Kier molecular flexibility index (Phi) is 8.97. The lowest BCUT2D eigenvalue weighted by Gasteiger charge is -2.31. The van der Waals surface area contributed by atoms with Gasteiger partial charge in [0.05, 0.1) is 18.8 Å². The molecule has 43 heavy (non-hydrogen) atoms. The molecular formula is C27H30F7N5O4. The Labute approximate surface area is 242 Å². The van der Waals surface area contributed by atoms with Gasteiger partial charge in [-0.1, -0.05) is 0 Å². The van der Waals surface area contributed by atoms with Gasteiger partial charge >= 0.3 is 12.3 Å². The maximum absolute atomic E-state index is 14.4. The molecule has 2 atom stereocenters. The molecule has 0 saturated carbocycles. The van der Waals surface area contributed by atoms with E-state index in [1.54, 1.807) is 20.8 Å². The number of rotatable bonds is 6. The molecule has 2 aliphatic rings. The largest absolute Gasteiger partial charge is 0.449 e. The number of nitrogens with zero attached hydrogens (tertiary/aromatic N) is 4. The fourth-order valence-corrected chi connectivity index (χ4v) is 4.99. The molecule has 2 aromatic rings. The predicted molar refractivity (Wildman–Crippen MR) is 136 cm³/mol. The molecule has 1 aromatic heterocycles. The van der Waals surface area contributed by atoms with Crippen LogP contribution in [0.4, 0.5) is 35.5 Å². The second kappa shape index (κ2) is 12.0. The van der Waals surface area contributed by atoms with Crippen molar-refractivity contribution < 1.29 is 49.9 Å². The lowest BCUT2D eigenvalue weighted by atomic mass is 10.0. The van der Waals surface area contributed by atoms with E-state index in [1.807, 2.05) is 0 Å². The third-order valence-electron chi connectivity index (χ3n) is 6.93. The third kappa shape index (κ3) is 7.57. The van der Waals surface area contributed by atoms with Crippen molar-refractivity contribution >= 4 is 17.9 Å². The number of halogens is 7. The van der Waals surface area contributed by atoms with Gasteiger partial charge in [-0.25, -0.2) is 27.3 Å². The minimum atomic E-state index is -4.91. The van der Waals surface area contributed by atoms with Gasteiger partial charge < -0.3 is 24.4 Å². The number of alkyl halides is 4. The minimum absolute atomic E-state index is 0.00511. The zero-order valence-corrected chi connectivity index (χ0v) is 23.5. The average molecular weight is 622 g/mol. The summed E-state index contributed by atoms with van der Waals surface area (Å²) < 4.78 is 103. The first-order valence-electron chi connectivity index (χ1n) is 13.4. The van der Waals surface area contributed by atoms with E-state index in [2.05, 4.69) is 10.3 Å². The van der Waals surface area contributed by atoms with Gasteiger partial charge in [0.1, 0.15) is 17.6 Å². The minimum Gasteiger partial charge on any atom is -0.444 e. The number of alkyl carbamates (subject to hydrolysis) is 1. The van der Waals surface area contributed by atoms with Crippen LogP contribution in [-0.2, 0) is 35.2 Å². The lowest BCUT2D eigenvalue weighted by Crippen LogP contribution is -2.46. The molecule has 0 radical (unpaired) electrons. The van der Waals surface area contributed by atoms with E-state index in [9.17, 15) is 45.1 Å². The summed E-state index contributed by atoms with van der Waals surface area (Å²) in [5.41, 5.74) is -2.04. The average Bonchev–Trinajstić information content (AvgIpc) is 3.49. The van der Waals surface area contributed by atoms with Crippen molar-refractivity contribution in [2.24, 2.45) is 0 Å². The molecule has 3 heterocycles. The quantitative estimate of drug-likeness (QED) is 0.382. The van der Waals surface area contributed by atoms with Crippen LogP contribution in [0, 0.1) is 17.5 Å². The summed E-state index contributed by atoms with van der Waals surface area (Å²) in [5, 5.41) is 2.41. The first-order valence-corrected chi connectivity index (χ1v) is 13.4. The molecule has 2 unspecified atom stereocenters. The van der Waals surface area contributed by atoms with Crippen LogP contribution in [0.15, 0.2) is 12.1 Å². The Bertz CT molecular complexity index is 1410. The van der Waals surface area contributed by atoms with Crippen molar-refractivity contribution in [2.75, 3.05) is 19.6 Å². The van der Waals surface area contributed by atoms with Gasteiger partial charge in [-0.2, -0.15) is 13.2 Å². The number of nitrogens with one attached hydrogen (secondary N) is 1. The fraction of sp³-hybridized carbons (Fsp3) is 0.556. The molecule has 236 valence electrons. The van der Waals surface area contributed by atoms with E-state index in [-0.39, 0.29) is 43.9 Å². The molecule has 0 bridgehead atoms. The highest BCUT2D eigenvalue weighted by atomic mass is 19.4. The summed E-state index contributed by atoms with van der Waals surface area (Å²) in [7, 11) is 0. The van der Waals surface area contributed by atoms with Crippen LogP contribution < -0.4 is 5.32 Å². The van der Waals surface area contributed by atoms with Gasteiger partial charge in [-0.15, -0.1) is 0 Å². The topological polar surface area (TPSA) is 96.8 Å². The van der Waals surface area contributed by atoms with Gasteiger partial charge in [-0.3, -0.25) is 9.59 Å². The summed E-state index contributed by atoms with van der Waals surface area (Å²) in [6, 6.07) is -0.285. The van der Waals surface area contributed by atoms with E-state index in [4.69, 9.17) is 4.74 Å². The van der Waals surface area contributed by atoms with Crippen LogP contribution in [-0.4, -0.2) is 74.7 Å². The van der Waals surface area contributed by atoms with Gasteiger partial charge in [-0.05, 0) is 45.2 Å². The van der Waals surface area contributed by atoms with Crippen molar-refractivity contribution in [1.29, 1.82) is 0 Å². The second-order valence-corrected chi connectivity index (χ2v) is 11.4. The zero-order valence-electron chi connectivity index (χ0n) is 23.5. The van der Waals surface area contributed by atoms with Crippen LogP contribution >= 0.6 is 0 Å². The molecule has 16 heteroatoms. The molecule has 3 amide bonds. The highest BCUT2D eigenvalue weighted by molar-refractivity contribution is 5.94. The molecule has 4 rings (SSSR count). The number of benzene rings is 1. The van der Waals surface area contributed by atoms with Crippen LogP contribution in [0.1, 0.15) is 61.2 Å². The van der Waals surface area contributed by atoms with Crippen LogP contribution in [0.5, 0.6) is 0 Å². The SMILES string of the molecule is CC(C)(C)OC(=O)NC(CC(=O)N1CCn2c(C(F)(F)F)nc(C(=O)N3CCC(F)C3)c2C1)Cc1cc(F)c(F)cc1F. The third-order valence-corrected chi connectivity index (χ3v) is 6.93. The first-order chi connectivity index (χ1) is 19.9. The summed E-state index contributed by atoms with van der Waals surface area (Å²) in [6.45, 7) is 3.35. The van der Waals surface area contributed by atoms with E-state index >= 15 is 0 Å². The molecule has 0 spiro atoms. The smallest absolute Gasteiger partial charge is 0.444 e. The van der Waals surface area contributed by atoms with Gasteiger partial charge in [0, 0.05) is 38.2 Å². The number of aromatic nitrogens is 2. The predicted octanol–water partition coefficient (Wildman–Crippen LogP) is 4.37. The van der Waals surface area contributed by atoms with Gasteiger partial charge in [0.2, 0.25) is 11.7 Å². The fourth-order valence-electron chi connectivity index (χ4n) is 4.99. The monoisotopic (exact) mass is 621 g/mol. The number of ether oxygens (including phenoxy) is 1. The van der Waals surface area contributed by atoms with Gasteiger partial charge in [0.25, 0.3) is 5.91 Å². The summed E-state index contributed by atoms with van der Waals surface area (Å²) in [6.07, 6.45) is -8.17. The van der Waals surface area contributed by atoms with Crippen molar-refractivity contribution in [1.82, 2.24) is 24.7 Å². The molecule has 0 aliphatic carbocycles. The van der Waals surface area contributed by atoms with Crippen molar-refractivity contribution in [3.8, 4) is 0 Å². The lowest BCUT2D eigenvalue weighted by molar-refractivity contribution is -0.148. The van der Waals surface area contributed by atoms with E-state index in [0.29, 0.717) is 12.1 Å². The molecule has 1 saturated heterocycles. The van der Waals surface area contributed by atoms with Crippen molar-refractivity contribution in [3.63, 3.8) is 0 Å². The van der Waals surface area contributed by atoms with Crippen molar-refractivity contribution in [3.05, 3.63) is 52.4 Å². The Morgan fingerprint density at radius 3 is 2.30 bits per heavy atom. The highest BCUT2D eigenvalue weighted by Crippen LogP contribution is 2.33. The number of amides is 3. The number of hydrogen-bond acceptors (Lipinski definition) is 5. The number of fused-ring (bicyclic) bond motifs is 1. The number of likely N-dealkylation sites (tertiary alicyclic amines) is 1. The van der Waals surface area contributed by atoms with Crippen LogP contribution in [0.3, 0.4) is 0 Å². The maximum atomic E-state index is 14.4. The Hall–Kier alpha value is -3.85. The molecule has 1 fully saturated rings. The summed E-state index contributed by atoms with van der Waals surface area (Å²) >= 11 is 0. The van der Waals surface area contributed by atoms with Crippen LogP contribution in [0.2, 0.25) is 0 Å². The first kappa shape index (κ1) is 32.1. The molecule has 1 N–H and O–H groups in total. The normalized spacial score (nSPS) is 18.0. The highest BCUT2D eigenvalue weighted by Gasteiger charge is 2.43. The second-order valence-electron chi connectivity index (χ2n) is 11.4. The molecular weight excluding hydrogens is 591 g/mol.